The lowest BCUT2D eigenvalue weighted by Crippen LogP contribution is -2.35. The van der Waals surface area contributed by atoms with Gasteiger partial charge < -0.3 is 10.1 Å². The van der Waals surface area contributed by atoms with Gasteiger partial charge in [0, 0.05) is 18.7 Å². The summed E-state index contributed by atoms with van der Waals surface area (Å²) >= 11 is 0. The number of methoxy groups -OCH3 is 1. The van der Waals surface area contributed by atoms with Crippen LogP contribution in [-0.2, 0) is 4.74 Å². The zero-order valence-corrected chi connectivity index (χ0v) is 12.9. The first-order chi connectivity index (χ1) is 10.3. The van der Waals surface area contributed by atoms with Gasteiger partial charge in [-0.2, -0.15) is 0 Å². The number of benzene rings is 1. The second-order valence-electron chi connectivity index (χ2n) is 5.89. The van der Waals surface area contributed by atoms with E-state index in [0.717, 1.165) is 18.5 Å². The van der Waals surface area contributed by atoms with Crippen molar-refractivity contribution < 1.29 is 4.74 Å². The highest BCUT2D eigenvalue weighted by Gasteiger charge is 2.37. The summed E-state index contributed by atoms with van der Waals surface area (Å²) in [6.07, 6.45) is 5.80. The lowest BCUT2D eigenvalue weighted by molar-refractivity contribution is 0.0511. The predicted molar refractivity (Wildman–Crippen MR) is 86.3 cm³/mol. The minimum Gasteiger partial charge on any atom is -0.379 e. The fourth-order valence-corrected chi connectivity index (χ4v) is 3.13. The van der Waals surface area contributed by atoms with Crippen LogP contribution >= 0.6 is 0 Å². The first-order valence-corrected chi connectivity index (χ1v) is 7.95. The Morgan fingerprint density at radius 2 is 2.14 bits per heavy atom. The molecule has 1 aliphatic rings. The molecule has 3 nitrogen and oxygen atoms in total. The predicted octanol–water partition coefficient (Wildman–Crippen LogP) is 3.70. The Kier molecular flexibility index (Phi) is 4.51. The monoisotopic (exact) mass is 284 g/mol. The average molecular weight is 284 g/mol. The van der Waals surface area contributed by atoms with E-state index in [1.807, 2.05) is 19.4 Å². The van der Waals surface area contributed by atoms with Crippen LogP contribution in [0.4, 0.5) is 0 Å². The fraction of sp³-hybridized carbons (Fsp3) is 0.500. The molecule has 112 valence electrons. The van der Waals surface area contributed by atoms with Gasteiger partial charge in [-0.05, 0) is 49.4 Å². The molecule has 0 saturated heterocycles. The highest BCUT2D eigenvalue weighted by Crippen LogP contribution is 2.41. The van der Waals surface area contributed by atoms with Gasteiger partial charge in [-0.15, -0.1) is 0 Å². The Hall–Kier alpha value is -1.45. The number of pyridine rings is 1. The molecule has 0 radical (unpaired) electrons. The molecular formula is C18H24N2O. The quantitative estimate of drug-likeness (QED) is 0.842. The SMILES string of the molecule is CCCNC(c1cccc2ncccc12)C(OC)C1CC1. The molecule has 1 N–H and O–H groups in total. The largest absolute Gasteiger partial charge is 0.379 e. The van der Waals surface area contributed by atoms with Gasteiger partial charge in [0.25, 0.3) is 0 Å². The Bertz CT molecular complexity index is 589. The van der Waals surface area contributed by atoms with Crippen LogP contribution in [-0.4, -0.2) is 24.7 Å². The lowest BCUT2D eigenvalue weighted by Gasteiger charge is -2.28. The number of hydrogen-bond donors (Lipinski definition) is 1. The van der Waals surface area contributed by atoms with E-state index in [4.69, 9.17) is 4.74 Å². The molecule has 3 heteroatoms. The third kappa shape index (κ3) is 3.09. The zero-order valence-electron chi connectivity index (χ0n) is 12.9. The van der Waals surface area contributed by atoms with Crippen LogP contribution < -0.4 is 5.32 Å². The fourth-order valence-electron chi connectivity index (χ4n) is 3.13. The summed E-state index contributed by atoms with van der Waals surface area (Å²) in [5.41, 5.74) is 2.37. The van der Waals surface area contributed by atoms with Crippen molar-refractivity contribution in [1.29, 1.82) is 0 Å². The molecule has 2 atom stereocenters. The van der Waals surface area contributed by atoms with E-state index >= 15 is 0 Å². The van der Waals surface area contributed by atoms with Crippen molar-refractivity contribution in [3.8, 4) is 0 Å². The smallest absolute Gasteiger partial charge is 0.0794 e. The molecule has 1 heterocycles. The number of ether oxygens (including phenoxy) is 1. The van der Waals surface area contributed by atoms with Crippen LogP contribution in [0.2, 0.25) is 0 Å². The van der Waals surface area contributed by atoms with Gasteiger partial charge in [0.05, 0.1) is 17.7 Å². The van der Waals surface area contributed by atoms with Crippen molar-refractivity contribution in [2.24, 2.45) is 5.92 Å². The maximum Gasteiger partial charge on any atom is 0.0794 e. The Morgan fingerprint density at radius 3 is 2.86 bits per heavy atom. The van der Waals surface area contributed by atoms with Crippen LogP contribution in [0, 0.1) is 5.92 Å². The number of aromatic nitrogens is 1. The number of rotatable bonds is 7. The van der Waals surface area contributed by atoms with Crippen molar-refractivity contribution in [2.75, 3.05) is 13.7 Å². The molecule has 2 aromatic rings. The van der Waals surface area contributed by atoms with Crippen LogP contribution in [0.5, 0.6) is 0 Å². The maximum atomic E-state index is 5.85. The molecule has 1 aliphatic carbocycles. The van der Waals surface area contributed by atoms with E-state index in [1.165, 1.54) is 23.8 Å². The van der Waals surface area contributed by atoms with Crippen molar-refractivity contribution in [1.82, 2.24) is 10.3 Å². The molecular weight excluding hydrogens is 260 g/mol. The summed E-state index contributed by atoms with van der Waals surface area (Å²) in [7, 11) is 1.84. The highest BCUT2D eigenvalue weighted by atomic mass is 16.5. The Labute approximate surface area is 126 Å². The first-order valence-electron chi connectivity index (χ1n) is 7.95. The van der Waals surface area contributed by atoms with E-state index in [2.05, 4.69) is 41.5 Å². The van der Waals surface area contributed by atoms with Crippen LogP contribution in [0.3, 0.4) is 0 Å². The summed E-state index contributed by atoms with van der Waals surface area (Å²) < 4.78 is 5.85. The van der Waals surface area contributed by atoms with Crippen molar-refractivity contribution in [3.63, 3.8) is 0 Å². The van der Waals surface area contributed by atoms with E-state index in [-0.39, 0.29) is 12.1 Å². The zero-order chi connectivity index (χ0) is 14.7. The Morgan fingerprint density at radius 1 is 1.29 bits per heavy atom. The molecule has 1 aromatic carbocycles. The van der Waals surface area contributed by atoms with Gasteiger partial charge in [0.15, 0.2) is 0 Å². The highest BCUT2D eigenvalue weighted by molar-refractivity contribution is 5.82. The van der Waals surface area contributed by atoms with E-state index in [1.54, 1.807) is 0 Å². The summed E-state index contributed by atoms with van der Waals surface area (Å²) in [4.78, 5) is 4.48. The van der Waals surface area contributed by atoms with E-state index < -0.39 is 0 Å². The number of fused-ring (bicyclic) bond motifs is 1. The van der Waals surface area contributed by atoms with E-state index in [9.17, 15) is 0 Å². The molecule has 1 saturated carbocycles. The molecule has 1 aromatic heterocycles. The van der Waals surface area contributed by atoms with E-state index in [0.29, 0.717) is 5.92 Å². The molecule has 3 rings (SSSR count). The molecule has 2 unspecified atom stereocenters. The topological polar surface area (TPSA) is 34.2 Å². The number of nitrogens with zero attached hydrogens (tertiary/aromatic N) is 1. The molecule has 1 fully saturated rings. The van der Waals surface area contributed by atoms with Gasteiger partial charge >= 0.3 is 0 Å². The second kappa shape index (κ2) is 6.54. The third-order valence-electron chi connectivity index (χ3n) is 4.32. The van der Waals surface area contributed by atoms with Gasteiger partial charge in [-0.1, -0.05) is 25.1 Å². The van der Waals surface area contributed by atoms with Gasteiger partial charge in [0.1, 0.15) is 0 Å². The van der Waals surface area contributed by atoms with Gasteiger partial charge in [-0.3, -0.25) is 4.98 Å². The second-order valence-corrected chi connectivity index (χ2v) is 5.89. The van der Waals surface area contributed by atoms with Crippen LogP contribution in [0.15, 0.2) is 36.5 Å². The summed E-state index contributed by atoms with van der Waals surface area (Å²) in [6.45, 7) is 3.21. The van der Waals surface area contributed by atoms with Gasteiger partial charge in [-0.25, -0.2) is 0 Å². The summed E-state index contributed by atoms with van der Waals surface area (Å²) in [5.74, 6) is 0.691. The standard InChI is InChI=1S/C18H24N2O/c1-3-11-20-17(18(21-2)13-9-10-13)15-6-4-8-16-14(15)7-5-12-19-16/h4-8,12-13,17-18,20H,3,9-11H2,1-2H3. The van der Waals surface area contributed by atoms with Crippen molar-refractivity contribution >= 4 is 10.9 Å². The normalized spacial score (nSPS) is 17.8. The molecule has 21 heavy (non-hydrogen) atoms. The molecule has 0 aliphatic heterocycles. The van der Waals surface area contributed by atoms with Gasteiger partial charge in [0.2, 0.25) is 0 Å². The maximum absolute atomic E-state index is 5.85. The van der Waals surface area contributed by atoms with Crippen molar-refractivity contribution in [2.45, 2.75) is 38.3 Å². The lowest BCUT2D eigenvalue weighted by atomic mass is 9.94. The number of hydrogen-bond acceptors (Lipinski definition) is 3. The first kappa shape index (κ1) is 14.5. The third-order valence-corrected chi connectivity index (χ3v) is 4.32. The number of nitrogens with one attached hydrogen (secondary N) is 1. The Balaban J connectivity index is 2.00. The summed E-state index contributed by atoms with van der Waals surface area (Å²) in [6, 6.07) is 10.8. The molecule has 0 amide bonds. The minimum absolute atomic E-state index is 0.246. The van der Waals surface area contributed by atoms with Crippen LogP contribution in [0.25, 0.3) is 10.9 Å². The average Bonchev–Trinajstić information content (AvgIpc) is 3.36. The van der Waals surface area contributed by atoms with Crippen LogP contribution in [0.1, 0.15) is 37.8 Å². The minimum atomic E-state index is 0.246. The van der Waals surface area contributed by atoms with Crippen molar-refractivity contribution in [3.05, 3.63) is 42.1 Å². The molecule has 0 spiro atoms. The molecule has 0 bridgehead atoms. The summed E-state index contributed by atoms with van der Waals surface area (Å²) in [5, 5.41) is 4.93.